The number of likely N-dealkylation sites (N-methyl/N-ethyl adjacent to an activating group) is 1. The maximum Gasteiger partial charge on any atom is 0.216 e. The molecular formula is C21H25ClN2O2S. The third kappa shape index (κ3) is 5.10. The summed E-state index contributed by atoms with van der Waals surface area (Å²) in [7, 11) is -1.77. The van der Waals surface area contributed by atoms with Gasteiger partial charge in [0.1, 0.15) is 0 Å². The minimum absolute atomic E-state index is 0.0991. The van der Waals surface area contributed by atoms with Crippen LogP contribution < -0.4 is 0 Å². The fourth-order valence-electron chi connectivity index (χ4n) is 3.10. The van der Waals surface area contributed by atoms with Crippen LogP contribution in [0.3, 0.4) is 0 Å². The largest absolute Gasteiger partial charge is 0.216 e. The van der Waals surface area contributed by atoms with Crippen molar-refractivity contribution >= 4 is 21.6 Å². The normalized spacial score (nSPS) is 14.1. The Balaban J connectivity index is 2.45. The van der Waals surface area contributed by atoms with Gasteiger partial charge in [0.2, 0.25) is 10.0 Å². The molecule has 0 aliphatic rings. The van der Waals surface area contributed by atoms with Crippen molar-refractivity contribution < 1.29 is 8.42 Å². The molecule has 0 amide bonds. The van der Waals surface area contributed by atoms with E-state index in [0.717, 1.165) is 11.1 Å². The molecule has 0 bridgehead atoms. The van der Waals surface area contributed by atoms with Crippen LogP contribution in [0.25, 0.3) is 0 Å². The summed E-state index contributed by atoms with van der Waals surface area (Å²) in [6.45, 7) is 5.28. The van der Waals surface area contributed by atoms with Crippen molar-refractivity contribution in [3.8, 4) is 6.07 Å². The second kappa shape index (κ2) is 8.88. The molecular weight excluding hydrogens is 380 g/mol. The minimum Gasteiger partial charge on any atom is -0.212 e. The Bertz CT molecular complexity index is 918. The standard InChI is InChI=1S/C21H25ClN2O2S/c1-15(2)27(25,26)24(4)16(3)21(13-17-8-10-20(22)11-9-17)19-7-5-6-18(12-19)14-23/h5-12,15-16,21H,13H2,1-4H3. The van der Waals surface area contributed by atoms with Crippen LogP contribution in [-0.2, 0) is 16.4 Å². The van der Waals surface area contributed by atoms with E-state index >= 15 is 0 Å². The van der Waals surface area contributed by atoms with Gasteiger partial charge in [-0.25, -0.2) is 12.7 Å². The van der Waals surface area contributed by atoms with Crippen molar-refractivity contribution in [1.82, 2.24) is 4.31 Å². The topological polar surface area (TPSA) is 61.2 Å². The lowest BCUT2D eigenvalue weighted by molar-refractivity contribution is 0.334. The van der Waals surface area contributed by atoms with Crippen LogP contribution in [0.4, 0.5) is 0 Å². The van der Waals surface area contributed by atoms with E-state index in [-0.39, 0.29) is 12.0 Å². The van der Waals surface area contributed by atoms with E-state index in [2.05, 4.69) is 6.07 Å². The molecule has 27 heavy (non-hydrogen) atoms. The zero-order valence-electron chi connectivity index (χ0n) is 16.1. The van der Waals surface area contributed by atoms with Crippen molar-refractivity contribution in [3.63, 3.8) is 0 Å². The zero-order valence-corrected chi connectivity index (χ0v) is 17.6. The van der Waals surface area contributed by atoms with Crippen LogP contribution in [0.2, 0.25) is 5.02 Å². The van der Waals surface area contributed by atoms with E-state index in [1.54, 1.807) is 27.0 Å². The fraction of sp³-hybridized carbons (Fsp3) is 0.381. The van der Waals surface area contributed by atoms with Gasteiger partial charge in [-0.1, -0.05) is 35.9 Å². The highest BCUT2D eigenvalue weighted by Gasteiger charge is 2.32. The lowest BCUT2D eigenvalue weighted by atomic mass is 9.86. The number of hydrogen-bond donors (Lipinski definition) is 0. The molecule has 2 atom stereocenters. The third-order valence-electron chi connectivity index (χ3n) is 4.97. The molecule has 0 N–H and O–H groups in total. The second-order valence-corrected chi connectivity index (χ2v) is 10.0. The first-order valence-electron chi connectivity index (χ1n) is 8.88. The molecule has 6 heteroatoms. The van der Waals surface area contributed by atoms with E-state index in [1.165, 1.54) is 4.31 Å². The van der Waals surface area contributed by atoms with Gasteiger partial charge < -0.3 is 0 Å². The Labute approximate surface area is 167 Å². The fourth-order valence-corrected chi connectivity index (χ4v) is 4.50. The molecule has 144 valence electrons. The minimum atomic E-state index is -3.40. The molecule has 4 nitrogen and oxygen atoms in total. The van der Waals surface area contributed by atoms with E-state index < -0.39 is 15.3 Å². The molecule has 0 fully saturated rings. The summed E-state index contributed by atoms with van der Waals surface area (Å²) in [5, 5.41) is 9.41. The van der Waals surface area contributed by atoms with Crippen LogP contribution in [0.15, 0.2) is 48.5 Å². The number of hydrogen-bond acceptors (Lipinski definition) is 3. The van der Waals surface area contributed by atoms with Crippen LogP contribution in [0, 0.1) is 11.3 Å². The predicted octanol–water partition coefficient (Wildman–Crippen LogP) is 4.60. The average molecular weight is 405 g/mol. The summed E-state index contributed by atoms with van der Waals surface area (Å²) >= 11 is 5.99. The van der Waals surface area contributed by atoms with Gasteiger partial charge >= 0.3 is 0 Å². The Hall–Kier alpha value is -1.87. The Morgan fingerprint density at radius 2 is 1.74 bits per heavy atom. The van der Waals surface area contributed by atoms with Gasteiger partial charge in [-0.15, -0.1) is 0 Å². The molecule has 0 saturated heterocycles. The maximum atomic E-state index is 12.7. The smallest absolute Gasteiger partial charge is 0.212 e. The van der Waals surface area contributed by atoms with Crippen molar-refractivity contribution in [2.75, 3.05) is 7.05 Å². The molecule has 0 aliphatic carbocycles. The summed E-state index contributed by atoms with van der Waals surface area (Å²) in [5.41, 5.74) is 2.58. The number of rotatable bonds is 7. The first kappa shape index (κ1) is 21.4. The Morgan fingerprint density at radius 1 is 1.11 bits per heavy atom. The van der Waals surface area contributed by atoms with E-state index in [4.69, 9.17) is 11.6 Å². The summed E-state index contributed by atoms with van der Waals surface area (Å²) in [6, 6.07) is 16.8. The molecule has 0 radical (unpaired) electrons. The number of halogens is 1. The van der Waals surface area contributed by atoms with E-state index in [0.29, 0.717) is 17.0 Å². The summed E-state index contributed by atoms with van der Waals surface area (Å²) in [5.74, 6) is -0.0991. The molecule has 0 aliphatic heterocycles. The highest BCUT2D eigenvalue weighted by molar-refractivity contribution is 7.89. The summed E-state index contributed by atoms with van der Waals surface area (Å²) < 4.78 is 26.8. The molecule has 0 spiro atoms. The van der Waals surface area contributed by atoms with Gasteiger partial charge in [0, 0.05) is 24.0 Å². The second-order valence-electron chi connectivity index (χ2n) is 7.02. The first-order chi connectivity index (χ1) is 12.7. The van der Waals surface area contributed by atoms with Gasteiger partial charge in [-0.05, 0) is 62.6 Å². The molecule has 2 aromatic carbocycles. The molecule has 2 unspecified atom stereocenters. The Kier molecular flexibility index (Phi) is 7.05. The highest BCUT2D eigenvalue weighted by Crippen LogP contribution is 2.30. The van der Waals surface area contributed by atoms with Crippen molar-refractivity contribution in [1.29, 1.82) is 5.26 Å². The monoisotopic (exact) mass is 404 g/mol. The third-order valence-corrected chi connectivity index (χ3v) is 7.54. The van der Waals surface area contributed by atoms with Crippen LogP contribution in [0.1, 0.15) is 43.4 Å². The molecule has 0 saturated carbocycles. The van der Waals surface area contributed by atoms with E-state index in [1.807, 2.05) is 49.4 Å². The molecule has 0 heterocycles. The predicted molar refractivity (Wildman–Crippen MR) is 110 cm³/mol. The van der Waals surface area contributed by atoms with Crippen LogP contribution >= 0.6 is 11.6 Å². The van der Waals surface area contributed by atoms with Gasteiger partial charge in [-0.2, -0.15) is 5.26 Å². The number of benzene rings is 2. The maximum absolute atomic E-state index is 12.7. The van der Waals surface area contributed by atoms with E-state index in [9.17, 15) is 13.7 Å². The zero-order chi connectivity index (χ0) is 20.2. The first-order valence-corrected chi connectivity index (χ1v) is 10.8. The summed E-state index contributed by atoms with van der Waals surface area (Å²) in [6.07, 6.45) is 0.644. The van der Waals surface area contributed by atoms with Crippen molar-refractivity contribution in [3.05, 3.63) is 70.2 Å². The molecule has 2 aromatic rings. The number of nitriles is 1. The van der Waals surface area contributed by atoms with Crippen LogP contribution in [0.5, 0.6) is 0 Å². The number of nitrogens with zero attached hydrogens (tertiary/aromatic N) is 2. The molecule has 0 aromatic heterocycles. The average Bonchev–Trinajstić information content (AvgIpc) is 2.66. The molecule has 2 rings (SSSR count). The number of sulfonamides is 1. The van der Waals surface area contributed by atoms with Crippen LogP contribution in [-0.4, -0.2) is 31.1 Å². The highest BCUT2D eigenvalue weighted by atomic mass is 35.5. The van der Waals surface area contributed by atoms with Crippen molar-refractivity contribution in [2.24, 2.45) is 0 Å². The lowest BCUT2D eigenvalue weighted by Crippen LogP contribution is -2.42. The lowest BCUT2D eigenvalue weighted by Gasteiger charge is -2.33. The summed E-state index contributed by atoms with van der Waals surface area (Å²) in [4.78, 5) is 0. The van der Waals surface area contributed by atoms with Gasteiger partial charge in [0.25, 0.3) is 0 Å². The Morgan fingerprint density at radius 3 is 2.30 bits per heavy atom. The van der Waals surface area contributed by atoms with Gasteiger partial charge in [0.05, 0.1) is 16.9 Å². The van der Waals surface area contributed by atoms with Gasteiger partial charge in [0.15, 0.2) is 0 Å². The van der Waals surface area contributed by atoms with Gasteiger partial charge in [-0.3, -0.25) is 0 Å². The SMILES string of the molecule is CC(C(Cc1ccc(Cl)cc1)c1cccc(C#N)c1)N(C)S(=O)(=O)C(C)C. The quantitative estimate of drug-likeness (QED) is 0.677. The van der Waals surface area contributed by atoms with Crippen molar-refractivity contribution in [2.45, 2.75) is 44.4 Å².